The normalized spacial score (nSPS) is 11.1. The molecule has 0 saturated heterocycles. The van der Waals surface area contributed by atoms with Crippen molar-refractivity contribution >= 4 is 58.2 Å². The molecule has 0 heterocycles. The number of unbranched alkanes of at least 4 members (excludes halogenated alkanes) is 2. The molecular formula is C70H64N2. The molecule has 2 nitrogen and oxygen atoms in total. The quantitative estimate of drug-likeness (QED) is 0.0703. The highest BCUT2D eigenvalue weighted by Crippen LogP contribution is 2.34. The molecule has 0 atom stereocenters. The molecular weight excluding hydrogens is 869 g/mol. The summed E-state index contributed by atoms with van der Waals surface area (Å²) in [6.07, 6.45) is 20.3. The number of nitrogens with zero attached hydrogens (tertiary/aromatic N) is 2. The van der Waals surface area contributed by atoms with E-state index in [2.05, 4.69) is 303 Å². The minimum atomic E-state index is 1.10. The van der Waals surface area contributed by atoms with Crippen LogP contribution in [0.15, 0.2) is 255 Å². The Balaban J connectivity index is 0.916. The molecule has 0 radical (unpaired) electrons. The molecule has 9 aromatic carbocycles. The van der Waals surface area contributed by atoms with Gasteiger partial charge in [-0.3, -0.25) is 0 Å². The maximum atomic E-state index is 2.32. The van der Waals surface area contributed by atoms with E-state index in [0.29, 0.717) is 0 Å². The molecule has 0 amide bonds. The van der Waals surface area contributed by atoms with E-state index < -0.39 is 0 Å². The smallest absolute Gasteiger partial charge is 0.0456 e. The molecule has 0 saturated carbocycles. The summed E-state index contributed by atoms with van der Waals surface area (Å²) in [5.74, 6) is 0. The van der Waals surface area contributed by atoms with Gasteiger partial charge in [-0.25, -0.2) is 0 Å². The Morgan fingerprint density at radius 1 is 0.292 bits per heavy atom. The lowest BCUT2D eigenvalue weighted by molar-refractivity contribution is 0.795. The number of benzene rings is 9. The first kappa shape index (κ1) is 48.6. The van der Waals surface area contributed by atoms with Crippen LogP contribution >= 0.6 is 0 Å². The van der Waals surface area contributed by atoms with Gasteiger partial charge in [0.05, 0.1) is 0 Å². The van der Waals surface area contributed by atoms with Crippen LogP contribution in [-0.4, -0.2) is 0 Å². The van der Waals surface area contributed by atoms with Crippen molar-refractivity contribution in [3.05, 3.63) is 311 Å². The standard InChI is InChI=1S/C70H64N2/c1-3-5-19-55-37-45-65(46-38-55)71(53-69(61-21-11-7-12-22-61)62-23-13-8-14-24-62)67-49-41-59(42-50-67)35-33-57-29-31-58(32-30-57)34-36-60-43-51-68(52-44-60)72(66-47-39-56(40-48-66)20-6-4-2)54-70(63-25-15-9-16-26-63)64-27-17-10-18-28-64/h7-18,21-54H,3-6,19-20H2,1-2H3. The Bertz CT molecular complexity index is 2860. The van der Waals surface area contributed by atoms with Crippen LogP contribution in [0.5, 0.6) is 0 Å². The lowest BCUT2D eigenvalue weighted by Gasteiger charge is -2.24. The van der Waals surface area contributed by atoms with Crippen molar-refractivity contribution in [2.75, 3.05) is 9.80 Å². The average molecular weight is 933 g/mol. The Kier molecular flexibility index (Phi) is 16.8. The van der Waals surface area contributed by atoms with Gasteiger partial charge < -0.3 is 9.80 Å². The molecule has 354 valence electrons. The van der Waals surface area contributed by atoms with Gasteiger partial charge in [0.2, 0.25) is 0 Å². The van der Waals surface area contributed by atoms with Gasteiger partial charge >= 0.3 is 0 Å². The third-order valence-electron chi connectivity index (χ3n) is 13.1. The summed E-state index contributed by atoms with van der Waals surface area (Å²) in [6, 6.07) is 87.4. The average Bonchev–Trinajstić information content (AvgIpc) is 3.45. The van der Waals surface area contributed by atoms with Crippen molar-refractivity contribution in [2.45, 2.75) is 52.4 Å². The summed E-state index contributed by atoms with van der Waals surface area (Å²) in [5, 5.41) is 0. The molecule has 0 aromatic heterocycles. The topological polar surface area (TPSA) is 6.48 Å². The minimum Gasteiger partial charge on any atom is -0.317 e. The van der Waals surface area contributed by atoms with Crippen molar-refractivity contribution in [3.63, 3.8) is 0 Å². The van der Waals surface area contributed by atoms with Gasteiger partial charge in [-0.2, -0.15) is 0 Å². The van der Waals surface area contributed by atoms with E-state index in [1.807, 2.05) is 0 Å². The fourth-order valence-corrected chi connectivity index (χ4v) is 8.96. The van der Waals surface area contributed by atoms with Crippen LogP contribution in [0.4, 0.5) is 22.7 Å². The third-order valence-corrected chi connectivity index (χ3v) is 13.1. The highest BCUT2D eigenvalue weighted by atomic mass is 15.1. The van der Waals surface area contributed by atoms with Crippen LogP contribution in [0.25, 0.3) is 35.5 Å². The van der Waals surface area contributed by atoms with Crippen molar-refractivity contribution in [2.24, 2.45) is 0 Å². The largest absolute Gasteiger partial charge is 0.317 e. The van der Waals surface area contributed by atoms with Gasteiger partial charge in [0.1, 0.15) is 0 Å². The van der Waals surface area contributed by atoms with Crippen LogP contribution in [-0.2, 0) is 12.8 Å². The summed E-state index contributed by atoms with van der Waals surface area (Å²) in [7, 11) is 0. The fourth-order valence-electron chi connectivity index (χ4n) is 8.96. The highest BCUT2D eigenvalue weighted by molar-refractivity contribution is 5.86. The molecule has 72 heavy (non-hydrogen) atoms. The van der Waals surface area contributed by atoms with Crippen molar-refractivity contribution in [1.29, 1.82) is 0 Å². The van der Waals surface area contributed by atoms with Gasteiger partial charge in [-0.05, 0) is 130 Å². The molecule has 0 bridgehead atoms. The van der Waals surface area contributed by atoms with E-state index in [9.17, 15) is 0 Å². The maximum Gasteiger partial charge on any atom is 0.0456 e. The summed E-state index contributed by atoms with van der Waals surface area (Å²) < 4.78 is 0. The van der Waals surface area contributed by atoms with Gasteiger partial charge in [0, 0.05) is 46.3 Å². The highest BCUT2D eigenvalue weighted by Gasteiger charge is 2.15. The lowest BCUT2D eigenvalue weighted by atomic mass is 9.98. The Morgan fingerprint density at radius 3 is 0.778 bits per heavy atom. The monoisotopic (exact) mass is 933 g/mol. The number of rotatable bonds is 20. The third kappa shape index (κ3) is 13.0. The number of aryl methyl sites for hydroxylation is 2. The van der Waals surface area contributed by atoms with Crippen LogP contribution in [0.3, 0.4) is 0 Å². The molecule has 0 unspecified atom stereocenters. The lowest BCUT2D eigenvalue weighted by Crippen LogP contribution is -2.10. The number of hydrogen-bond donors (Lipinski definition) is 0. The Morgan fingerprint density at radius 2 is 0.528 bits per heavy atom. The zero-order valence-corrected chi connectivity index (χ0v) is 41.7. The summed E-state index contributed by atoms with van der Waals surface area (Å²) >= 11 is 0. The molecule has 9 aromatic rings. The van der Waals surface area contributed by atoms with Crippen molar-refractivity contribution < 1.29 is 0 Å². The fraction of sp³-hybridized carbons (Fsp3) is 0.114. The second-order valence-electron chi connectivity index (χ2n) is 18.3. The summed E-state index contributed by atoms with van der Waals surface area (Å²) in [4.78, 5) is 4.64. The van der Waals surface area contributed by atoms with E-state index in [0.717, 1.165) is 69.0 Å². The van der Waals surface area contributed by atoms with E-state index in [1.165, 1.54) is 59.1 Å². The Hall–Kier alpha value is -8.46. The Labute approximate surface area is 428 Å². The molecule has 0 spiro atoms. The zero-order valence-electron chi connectivity index (χ0n) is 41.7. The second-order valence-corrected chi connectivity index (χ2v) is 18.3. The van der Waals surface area contributed by atoms with Crippen molar-refractivity contribution in [1.82, 2.24) is 0 Å². The molecule has 0 aliphatic carbocycles. The summed E-state index contributed by atoms with van der Waals surface area (Å²) in [6.45, 7) is 4.50. The SMILES string of the molecule is CCCCc1ccc(N(C=C(c2ccccc2)c2ccccc2)c2ccc(C=Cc3ccc(C=Cc4ccc(N(C=C(c5ccccc5)c5ccccc5)c5ccc(CCCC)cc5)cc4)cc3)cc2)cc1. The molecule has 0 aliphatic rings. The van der Waals surface area contributed by atoms with Gasteiger partial charge in [-0.15, -0.1) is 0 Å². The number of hydrogen-bond acceptors (Lipinski definition) is 2. The minimum absolute atomic E-state index is 1.10. The predicted molar refractivity (Wildman–Crippen MR) is 311 cm³/mol. The summed E-state index contributed by atoms with van der Waals surface area (Å²) in [5.41, 5.74) is 18.8. The van der Waals surface area contributed by atoms with Crippen LogP contribution in [0.1, 0.15) is 95.2 Å². The van der Waals surface area contributed by atoms with Gasteiger partial charge in [0.15, 0.2) is 0 Å². The van der Waals surface area contributed by atoms with E-state index in [-0.39, 0.29) is 0 Å². The molecule has 2 heteroatoms. The zero-order chi connectivity index (χ0) is 49.2. The molecule has 0 fully saturated rings. The predicted octanol–water partition coefficient (Wildman–Crippen LogP) is 19.2. The van der Waals surface area contributed by atoms with Crippen LogP contribution in [0, 0.1) is 0 Å². The molecule has 0 N–H and O–H groups in total. The first-order valence-electron chi connectivity index (χ1n) is 25.7. The van der Waals surface area contributed by atoms with Crippen molar-refractivity contribution in [3.8, 4) is 0 Å². The molecule has 9 rings (SSSR count). The van der Waals surface area contributed by atoms with Crippen LogP contribution < -0.4 is 9.80 Å². The van der Waals surface area contributed by atoms with E-state index in [1.54, 1.807) is 0 Å². The first-order chi connectivity index (χ1) is 35.6. The second kappa shape index (κ2) is 24.9. The number of anilines is 4. The molecule has 0 aliphatic heterocycles. The first-order valence-corrected chi connectivity index (χ1v) is 25.7. The van der Waals surface area contributed by atoms with Gasteiger partial charge in [-0.1, -0.05) is 245 Å². The maximum absolute atomic E-state index is 2.32. The van der Waals surface area contributed by atoms with E-state index >= 15 is 0 Å². The van der Waals surface area contributed by atoms with E-state index in [4.69, 9.17) is 0 Å². The van der Waals surface area contributed by atoms with Gasteiger partial charge in [0.25, 0.3) is 0 Å². The van der Waals surface area contributed by atoms with Crippen LogP contribution in [0.2, 0.25) is 0 Å².